The zero-order valence-electron chi connectivity index (χ0n) is 18.6. The lowest BCUT2D eigenvalue weighted by Crippen LogP contribution is -2.01. The number of pyridine rings is 1. The minimum Gasteiger partial charge on any atom is -0.492 e. The van der Waals surface area contributed by atoms with Crippen molar-refractivity contribution in [2.45, 2.75) is 39.5 Å². The van der Waals surface area contributed by atoms with Gasteiger partial charge in [-0.2, -0.15) is 0 Å². The van der Waals surface area contributed by atoms with Gasteiger partial charge < -0.3 is 9.47 Å². The molecule has 162 valence electrons. The first-order valence-corrected chi connectivity index (χ1v) is 10.9. The van der Waals surface area contributed by atoms with E-state index in [1.807, 2.05) is 36.4 Å². The molecular weight excluding hydrogens is 386 g/mol. The first kappa shape index (κ1) is 22.5. The molecule has 3 rings (SSSR count). The summed E-state index contributed by atoms with van der Waals surface area (Å²) in [5, 5.41) is 0. The van der Waals surface area contributed by atoms with Gasteiger partial charge in [-0.1, -0.05) is 50.2 Å². The van der Waals surface area contributed by atoms with Crippen LogP contribution in [-0.4, -0.2) is 24.7 Å². The number of benzene rings is 2. The molecule has 0 atom stereocenters. The molecule has 0 unspecified atom stereocenters. The van der Waals surface area contributed by atoms with Crippen molar-refractivity contribution in [2.75, 3.05) is 13.7 Å². The number of rotatable bonds is 10. The number of carbonyl (C=O) groups is 1. The van der Waals surface area contributed by atoms with Crippen LogP contribution in [0.2, 0.25) is 0 Å². The summed E-state index contributed by atoms with van der Waals surface area (Å²) in [7, 11) is 1.39. The molecule has 0 amide bonds. The average Bonchev–Trinajstić information content (AvgIpc) is 2.79. The average molecular weight is 418 g/mol. The van der Waals surface area contributed by atoms with Crippen LogP contribution < -0.4 is 4.74 Å². The second-order valence-electron chi connectivity index (χ2n) is 8.17. The van der Waals surface area contributed by atoms with Crippen molar-refractivity contribution in [1.82, 2.24) is 4.98 Å². The fourth-order valence-corrected chi connectivity index (χ4v) is 3.47. The van der Waals surface area contributed by atoms with Gasteiger partial charge >= 0.3 is 5.97 Å². The predicted molar refractivity (Wildman–Crippen MR) is 124 cm³/mol. The number of esters is 1. The Labute approximate surface area is 185 Å². The molecule has 4 heteroatoms. The molecule has 4 nitrogen and oxygen atoms in total. The van der Waals surface area contributed by atoms with Crippen LogP contribution in [0.25, 0.3) is 11.3 Å². The van der Waals surface area contributed by atoms with E-state index in [1.54, 1.807) is 6.20 Å². The number of methoxy groups -OCH3 is 1. The van der Waals surface area contributed by atoms with Crippen molar-refractivity contribution in [3.63, 3.8) is 0 Å². The second-order valence-corrected chi connectivity index (χ2v) is 8.17. The van der Waals surface area contributed by atoms with Crippen molar-refractivity contribution >= 4 is 5.97 Å². The van der Waals surface area contributed by atoms with Gasteiger partial charge in [-0.05, 0) is 67.0 Å². The molecule has 1 aromatic heterocycles. The molecule has 31 heavy (non-hydrogen) atoms. The Kier molecular flexibility index (Phi) is 8.22. The summed E-state index contributed by atoms with van der Waals surface area (Å²) in [5.74, 6) is 1.15. The first-order chi connectivity index (χ1) is 15.0. The molecule has 0 aliphatic heterocycles. The normalized spacial score (nSPS) is 10.8. The quantitative estimate of drug-likeness (QED) is 0.294. The minimum absolute atomic E-state index is 0.303. The number of ether oxygens (including phenoxy) is 2. The second kappa shape index (κ2) is 11.3. The summed E-state index contributed by atoms with van der Waals surface area (Å²) in [6.07, 6.45) is 5.82. The zero-order valence-corrected chi connectivity index (χ0v) is 18.6. The van der Waals surface area contributed by atoms with Gasteiger partial charge in [-0.25, -0.2) is 4.79 Å². The number of hydrogen-bond acceptors (Lipinski definition) is 4. The molecule has 0 aliphatic carbocycles. The maximum Gasteiger partial charge on any atom is 0.337 e. The molecular formula is C27H31NO3. The Bertz CT molecular complexity index is 945. The Morgan fingerprint density at radius 2 is 1.61 bits per heavy atom. The van der Waals surface area contributed by atoms with Crippen molar-refractivity contribution in [2.24, 2.45) is 5.92 Å². The van der Waals surface area contributed by atoms with Crippen LogP contribution in [0.4, 0.5) is 0 Å². The maximum atomic E-state index is 11.5. The molecule has 0 N–H and O–H groups in total. The van der Waals surface area contributed by atoms with E-state index < -0.39 is 0 Å². The molecule has 0 spiro atoms. The number of carbonyl (C=O) groups excluding carboxylic acids is 1. The van der Waals surface area contributed by atoms with Crippen LogP contribution in [0, 0.1) is 5.92 Å². The highest BCUT2D eigenvalue weighted by Crippen LogP contribution is 2.21. The summed E-state index contributed by atoms with van der Waals surface area (Å²) in [6.45, 7) is 5.13. The van der Waals surface area contributed by atoms with Gasteiger partial charge in [-0.15, -0.1) is 0 Å². The Morgan fingerprint density at radius 1 is 0.903 bits per heavy atom. The molecule has 0 aliphatic rings. The molecule has 0 saturated heterocycles. The minimum atomic E-state index is -0.303. The standard InChI is InChI=1S/C27H31NO3/c1-20(2)18-22-9-11-23(12-10-22)26-16-15-25(19-28-26)31-17-5-4-6-21-7-13-24(14-8-21)27(29)30-3/h7-16,19-20H,4-6,17-18H2,1-3H3. The lowest BCUT2D eigenvalue weighted by Gasteiger charge is -2.08. The van der Waals surface area contributed by atoms with Crippen LogP contribution >= 0.6 is 0 Å². The fraction of sp³-hybridized carbons (Fsp3) is 0.333. The van der Waals surface area contributed by atoms with Gasteiger partial charge in [-0.3, -0.25) is 4.98 Å². The Morgan fingerprint density at radius 3 is 2.23 bits per heavy atom. The zero-order chi connectivity index (χ0) is 22.1. The van der Waals surface area contributed by atoms with E-state index in [2.05, 4.69) is 43.1 Å². The monoisotopic (exact) mass is 417 g/mol. The third-order valence-electron chi connectivity index (χ3n) is 5.13. The van der Waals surface area contributed by atoms with E-state index >= 15 is 0 Å². The lowest BCUT2D eigenvalue weighted by molar-refractivity contribution is 0.0600. The Balaban J connectivity index is 1.41. The topological polar surface area (TPSA) is 48.4 Å². The number of aryl methyl sites for hydroxylation is 1. The van der Waals surface area contributed by atoms with E-state index in [9.17, 15) is 4.79 Å². The van der Waals surface area contributed by atoms with Crippen LogP contribution in [0.15, 0.2) is 66.9 Å². The van der Waals surface area contributed by atoms with E-state index in [0.29, 0.717) is 18.1 Å². The fourth-order valence-electron chi connectivity index (χ4n) is 3.47. The molecule has 2 aromatic carbocycles. The largest absolute Gasteiger partial charge is 0.492 e. The maximum absolute atomic E-state index is 11.5. The van der Waals surface area contributed by atoms with Gasteiger partial charge in [0.15, 0.2) is 0 Å². The molecule has 0 radical (unpaired) electrons. The van der Waals surface area contributed by atoms with E-state index in [-0.39, 0.29) is 5.97 Å². The van der Waals surface area contributed by atoms with Crippen LogP contribution in [-0.2, 0) is 17.6 Å². The number of nitrogens with zero attached hydrogens (tertiary/aromatic N) is 1. The van der Waals surface area contributed by atoms with Gasteiger partial charge in [0, 0.05) is 5.56 Å². The lowest BCUT2D eigenvalue weighted by atomic mass is 10.0. The smallest absolute Gasteiger partial charge is 0.337 e. The molecule has 0 saturated carbocycles. The van der Waals surface area contributed by atoms with Crippen molar-refractivity contribution < 1.29 is 14.3 Å². The Hall–Kier alpha value is -3.14. The van der Waals surface area contributed by atoms with Crippen LogP contribution in [0.5, 0.6) is 5.75 Å². The predicted octanol–water partition coefficient (Wildman–Crippen LogP) is 6.14. The van der Waals surface area contributed by atoms with Gasteiger partial charge in [0.2, 0.25) is 0 Å². The summed E-state index contributed by atoms with van der Waals surface area (Å²) >= 11 is 0. The van der Waals surface area contributed by atoms with E-state index in [1.165, 1.54) is 18.2 Å². The van der Waals surface area contributed by atoms with Gasteiger partial charge in [0.25, 0.3) is 0 Å². The van der Waals surface area contributed by atoms with E-state index in [4.69, 9.17) is 9.47 Å². The number of hydrogen-bond donors (Lipinski definition) is 0. The summed E-state index contributed by atoms with van der Waals surface area (Å²) < 4.78 is 10.6. The summed E-state index contributed by atoms with van der Waals surface area (Å²) in [5.41, 5.74) is 5.23. The highest BCUT2D eigenvalue weighted by atomic mass is 16.5. The molecule has 3 aromatic rings. The summed E-state index contributed by atoms with van der Waals surface area (Å²) in [4.78, 5) is 16.0. The van der Waals surface area contributed by atoms with Crippen molar-refractivity contribution in [1.29, 1.82) is 0 Å². The molecule has 0 bridgehead atoms. The summed E-state index contributed by atoms with van der Waals surface area (Å²) in [6, 6.07) is 20.2. The van der Waals surface area contributed by atoms with Gasteiger partial charge in [0.05, 0.1) is 31.2 Å². The van der Waals surface area contributed by atoms with Crippen LogP contribution in [0.3, 0.4) is 0 Å². The van der Waals surface area contributed by atoms with Gasteiger partial charge in [0.1, 0.15) is 5.75 Å². The number of unbranched alkanes of at least 4 members (excludes halogenated alkanes) is 1. The highest BCUT2D eigenvalue weighted by molar-refractivity contribution is 5.89. The molecule has 1 heterocycles. The third kappa shape index (κ3) is 6.95. The highest BCUT2D eigenvalue weighted by Gasteiger charge is 2.05. The third-order valence-corrected chi connectivity index (χ3v) is 5.13. The van der Waals surface area contributed by atoms with Crippen molar-refractivity contribution in [3.05, 3.63) is 83.6 Å². The first-order valence-electron chi connectivity index (χ1n) is 10.9. The number of aromatic nitrogens is 1. The van der Waals surface area contributed by atoms with Crippen molar-refractivity contribution in [3.8, 4) is 17.0 Å². The SMILES string of the molecule is COC(=O)c1ccc(CCCCOc2ccc(-c3ccc(CC(C)C)cc3)nc2)cc1. The van der Waals surface area contributed by atoms with Crippen LogP contribution in [0.1, 0.15) is 48.2 Å². The molecule has 0 fully saturated rings. The van der Waals surface area contributed by atoms with E-state index in [0.717, 1.165) is 42.7 Å².